The molecule has 3 aromatic rings. The number of aromatic nitrogens is 1. The predicted octanol–water partition coefficient (Wildman–Crippen LogP) is 4.38. The molecular weight excluding hydrogens is 320 g/mol. The van der Waals surface area contributed by atoms with Crippen LogP contribution in [0.5, 0.6) is 0 Å². The van der Waals surface area contributed by atoms with E-state index in [0.29, 0.717) is 12.1 Å². The third-order valence-electron chi connectivity index (χ3n) is 3.49. The normalized spacial score (nSPS) is 10.5. The molecule has 0 aliphatic rings. The minimum atomic E-state index is -0.0741. The minimum absolute atomic E-state index is 0.0741. The Labute approximate surface area is 145 Å². The Balaban J connectivity index is 1.70. The molecule has 24 heavy (non-hydrogen) atoms. The van der Waals surface area contributed by atoms with Gasteiger partial charge >= 0.3 is 0 Å². The minimum Gasteiger partial charge on any atom is -0.464 e. The van der Waals surface area contributed by atoms with Gasteiger partial charge in [0, 0.05) is 29.4 Å². The van der Waals surface area contributed by atoms with Crippen LogP contribution in [0.25, 0.3) is 11.3 Å². The zero-order valence-corrected chi connectivity index (χ0v) is 14.2. The van der Waals surface area contributed by atoms with Gasteiger partial charge in [-0.2, -0.15) is 0 Å². The first-order valence-corrected chi connectivity index (χ1v) is 8.74. The molecular formula is C19H18N2O2S. The maximum absolute atomic E-state index is 12.5. The summed E-state index contributed by atoms with van der Waals surface area (Å²) in [5, 5.41) is 2.96. The highest BCUT2D eigenvalue weighted by Gasteiger charge is 2.11. The van der Waals surface area contributed by atoms with Crippen molar-refractivity contribution in [3.63, 3.8) is 0 Å². The van der Waals surface area contributed by atoms with Crippen molar-refractivity contribution in [3.8, 4) is 11.3 Å². The van der Waals surface area contributed by atoms with E-state index in [4.69, 9.17) is 4.42 Å². The van der Waals surface area contributed by atoms with Gasteiger partial charge in [-0.05, 0) is 41.6 Å². The Morgan fingerprint density at radius 1 is 1.21 bits per heavy atom. The van der Waals surface area contributed by atoms with Crippen LogP contribution in [0.3, 0.4) is 0 Å². The fourth-order valence-electron chi connectivity index (χ4n) is 2.37. The van der Waals surface area contributed by atoms with Gasteiger partial charge in [0.05, 0.1) is 11.8 Å². The molecule has 3 rings (SSSR count). The molecule has 0 atom stereocenters. The number of carbonyl (C=O) groups is 1. The lowest BCUT2D eigenvalue weighted by Gasteiger charge is -2.09. The summed E-state index contributed by atoms with van der Waals surface area (Å²) in [4.78, 5) is 17.7. The van der Waals surface area contributed by atoms with Gasteiger partial charge in [0.2, 0.25) is 0 Å². The van der Waals surface area contributed by atoms with E-state index in [1.807, 2.05) is 42.5 Å². The van der Waals surface area contributed by atoms with Gasteiger partial charge in [0.1, 0.15) is 5.76 Å². The highest BCUT2D eigenvalue weighted by molar-refractivity contribution is 7.99. The second kappa shape index (κ2) is 7.84. The van der Waals surface area contributed by atoms with E-state index < -0.39 is 0 Å². The van der Waals surface area contributed by atoms with E-state index in [1.165, 1.54) is 0 Å². The lowest BCUT2D eigenvalue weighted by Crippen LogP contribution is -2.23. The third-order valence-corrected chi connectivity index (χ3v) is 4.44. The molecule has 0 aliphatic heterocycles. The van der Waals surface area contributed by atoms with Crippen LogP contribution < -0.4 is 5.32 Å². The van der Waals surface area contributed by atoms with Crippen LogP contribution in [0.15, 0.2) is 70.4 Å². The number of hydrogen-bond donors (Lipinski definition) is 1. The van der Waals surface area contributed by atoms with Crippen molar-refractivity contribution in [2.45, 2.75) is 18.4 Å². The van der Waals surface area contributed by atoms with Gasteiger partial charge in [-0.1, -0.05) is 19.1 Å². The monoisotopic (exact) mass is 338 g/mol. The average molecular weight is 338 g/mol. The summed E-state index contributed by atoms with van der Waals surface area (Å²) in [7, 11) is 0. The van der Waals surface area contributed by atoms with E-state index in [-0.39, 0.29) is 5.91 Å². The summed E-state index contributed by atoms with van der Waals surface area (Å²) >= 11 is 1.67. The smallest absolute Gasteiger partial charge is 0.252 e. The number of thioether (sulfide) groups is 1. The Hall–Kier alpha value is -2.53. The molecule has 0 fully saturated rings. The Morgan fingerprint density at radius 3 is 2.88 bits per heavy atom. The second-order valence-electron chi connectivity index (χ2n) is 5.17. The fraction of sp³-hybridized carbons (Fsp3) is 0.158. The van der Waals surface area contributed by atoms with Crippen molar-refractivity contribution in [3.05, 3.63) is 72.2 Å². The molecule has 2 aromatic heterocycles. The molecule has 0 radical (unpaired) electrons. The fourth-order valence-corrected chi connectivity index (χ4v) is 3.18. The molecule has 1 amide bonds. The quantitative estimate of drug-likeness (QED) is 0.678. The summed E-state index contributed by atoms with van der Waals surface area (Å²) in [6.07, 6.45) is 5.13. The first-order valence-electron chi connectivity index (χ1n) is 7.75. The van der Waals surface area contributed by atoms with Gasteiger partial charge < -0.3 is 9.73 Å². The highest BCUT2D eigenvalue weighted by atomic mass is 32.2. The van der Waals surface area contributed by atoms with Crippen LogP contribution in [0, 0.1) is 0 Å². The maximum Gasteiger partial charge on any atom is 0.252 e. The third kappa shape index (κ3) is 3.86. The Kier molecular flexibility index (Phi) is 5.33. The van der Waals surface area contributed by atoms with E-state index in [2.05, 4.69) is 17.2 Å². The number of pyridine rings is 1. The number of carbonyl (C=O) groups excluding carboxylic acids is 1. The zero-order chi connectivity index (χ0) is 16.8. The highest BCUT2D eigenvalue weighted by Crippen LogP contribution is 2.22. The van der Waals surface area contributed by atoms with Gasteiger partial charge in [-0.3, -0.25) is 9.78 Å². The number of amides is 1. The van der Waals surface area contributed by atoms with Crippen LogP contribution in [0.1, 0.15) is 22.8 Å². The van der Waals surface area contributed by atoms with E-state index in [1.54, 1.807) is 30.4 Å². The number of hydrogen-bond acceptors (Lipinski definition) is 4. The number of benzene rings is 1. The number of nitrogens with zero attached hydrogens (tertiary/aromatic N) is 1. The molecule has 0 bridgehead atoms. The van der Waals surface area contributed by atoms with Crippen LogP contribution in [0.2, 0.25) is 0 Å². The standard InChI is InChI=1S/C19H18N2O2S/c1-2-24-18-8-4-3-6-16(18)19(22)21-12-14-10-15(13-20-11-14)17-7-5-9-23-17/h3-11,13H,2,12H2,1H3,(H,21,22). The largest absolute Gasteiger partial charge is 0.464 e. The molecule has 0 spiro atoms. The lowest BCUT2D eigenvalue weighted by atomic mass is 10.1. The molecule has 4 nitrogen and oxygen atoms in total. The maximum atomic E-state index is 12.5. The van der Waals surface area contributed by atoms with Gasteiger partial charge in [0.25, 0.3) is 5.91 Å². The molecule has 2 heterocycles. The summed E-state index contributed by atoms with van der Waals surface area (Å²) < 4.78 is 5.38. The second-order valence-corrected chi connectivity index (χ2v) is 6.48. The zero-order valence-electron chi connectivity index (χ0n) is 13.4. The lowest BCUT2D eigenvalue weighted by molar-refractivity contribution is 0.0948. The van der Waals surface area contributed by atoms with E-state index >= 15 is 0 Å². The predicted molar refractivity (Wildman–Crippen MR) is 95.9 cm³/mol. The molecule has 0 saturated heterocycles. The summed E-state index contributed by atoms with van der Waals surface area (Å²) in [6.45, 7) is 2.50. The van der Waals surface area contributed by atoms with Gasteiger partial charge in [0.15, 0.2) is 0 Å². The topological polar surface area (TPSA) is 55.1 Å². The van der Waals surface area contributed by atoms with Crippen LogP contribution >= 0.6 is 11.8 Å². The van der Waals surface area contributed by atoms with Gasteiger partial charge in [-0.25, -0.2) is 0 Å². The molecule has 0 unspecified atom stereocenters. The molecule has 1 aromatic carbocycles. The van der Waals surface area contributed by atoms with Crippen molar-refractivity contribution >= 4 is 17.7 Å². The molecule has 0 saturated carbocycles. The van der Waals surface area contributed by atoms with Crippen molar-refractivity contribution in [1.29, 1.82) is 0 Å². The van der Waals surface area contributed by atoms with Crippen molar-refractivity contribution < 1.29 is 9.21 Å². The summed E-state index contributed by atoms with van der Waals surface area (Å²) in [5.41, 5.74) is 2.53. The van der Waals surface area contributed by atoms with Crippen molar-refractivity contribution in [2.24, 2.45) is 0 Å². The SMILES string of the molecule is CCSc1ccccc1C(=O)NCc1cncc(-c2ccco2)c1. The van der Waals surface area contributed by atoms with Crippen molar-refractivity contribution in [2.75, 3.05) is 5.75 Å². The van der Waals surface area contributed by atoms with Gasteiger partial charge in [-0.15, -0.1) is 11.8 Å². The van der Waals surface area contributed by atoms with Crippen LogP contribution in [-0.2, 0) is 6.54 Å². The number of furan rings is 1. The van der Waals surface area contributed by atoms with E-state index in [0.717, 1.165) is 27.5 Å². The van der Waals surface area contributed by atoms with E-state index in [9.17, 15) is 4.79 Å². The molecule has 1 N–H and O–H groups in total. The first kappa shape index (κ1) is 16.3. The van der Waals surface area contributed by atoms with Crippen LogP contribution in [-0.4, -0.2) is 16.6 Å². The molecule has 5 heteroatoms. The van der Waals surface area contributed by atoms with Crippen molar-refractivity contribution in [1.82, 2.24) is 10.3 Å². The molecule has 0 aliphatic carbocycles. The number of nitrogens with one attached hydrogen (secondary N) is 1. The molecule has 122 valence electrons. The summed E-state index contributed by atoms with van der Waals surface area (Å²) in [5.74, 6) is 1.62. The summed E-state index contributed by atoms with van der Waals surface area (Å²) in [6, 6.07) is 13.4. The first-order chi connectivity index (χ1) is 11.8. The van der Waals surface area contributed by atoms with Crippen LogP contribution in [0.4, 0.5) is 0 Å². The Morgan fingerprint density at radius 2 is 2.08 bits per heavy atom. The average Bonchev–Trinajstić information content (AvgIpc) is 3.15. The Bertz CT molecular complexity index is 816. The number of rotatable bonds is 6.